The van der Waals surface area contributed by atoms with Crippen LogP contribution in [0.25, 0.3) is 11.1 Å². The van der Waals surface area contributed by atoms with E-state index in [-0.39, 0.29) is 37.9 Å². The maximum Gasteiger partial charge on any atom is 0.410 e. The Morgan fingerprint density at radius 2 is 1.12 bits per heavy atom. The van der Waals surface area contributed by atoms with Gasteiger partial charge in [-0.15, -0.1) is 0 Å². The molecular formula is C35H30N2O5. The number of nitrogens with zero attached hydrogens (tertiary/aromatic N) is 2. The lowest BCUT2D eigenvalue weighted by Gasteiger charge is -2.41. The van der Waals surface area contributed by atoms with Gasteiger partial charge in [-0.3, -0.25) is 9.69 Å². The molecule has 0 saturated carbocycles. The van der Waals surface area contributed by atoms with Crippen LogP contribution in [0.5, 0.6) is 0 Å². The highest BCUT2D eigenvalue weighted by Crippen LogP contribution is 2.44. The number of ether oxygens (including phenoxy) is 1. The second-order valence-corrected chi connectivity index (χ2v) is 11.2. The molecule has 0 saturated heterocycles. The zero-order chi connectivity index (χ0) is 28.8. The molecule has 0 bridgehead atoms. The van der Waals surface area contributed by atoms with E-state index in [4.69, 9.17) is 4.74 Å². The standard InChI is InChI=1S/C35H30N2O5/c38-33(36-19-24-11-3-2-10-23(24)18-32(36)34(39)40)31-17-22-9-1-4-12-25(22)20-37(31)35(41)42-21-30-28-15-7-5-13-26(28)27-14-6-8-16-29(27)30/h1-16,30-32H,17-21H2,(H,39,40)/t31-,32-/m1/s1. The molecule has 1 N–H and O–H groups in total. The minimum atomic E-state index is -1.05. The van der Waals surface area contributed by atoms with E-state index >= 15 is 0 Å². The summed E-state index contributed by atoms with van der Waals surface area (Å²) in [6, 6.07) is 29.8. The Morgan fingerprint density at radius 1 is 0.643 bits per heavy atom. The van der Waals surface area contributed by atoms with Crippen molar-refractivity contribution in [2.24, 2.45) is 0 Å². The highest BCUT2D eigenvalue weighted by atomic mass is 16.6. The first kappa shape index (κ1) is 26.0. The average molecular weight is 559 g/mol. The van der Waals surface area contributed by atoms with Crippen LogP contribution in [-0.2, 0) is 40.3 Å². The lowest BCUT2D eigenvalue weighted by Crippen LogP contribution is -2.58. The minimum Gasteiger partial charge on any atom is -0.480 e. The van der Waals surface area contributed by atoms with Crippen molar-refractivity contribution in [1.29, 1.82) is 0 Å². The fourth-order valence-electron chi connectivity index (χ4n) is 6.78. The van der Waals surface area contributed by atoms with Gasteiger partial charge in [0.15, 0.2) is 0 Å². The molecule has 7 heteroatoms. The summed E-state index contributed by atoms with van der Waals surface area (Å²) < 4.78 is 5.99. The fraction of sp³-hybridized carbons (Fsp3) is 0.229. The van der Waals surface area contributed by atoms with Crippen LogP contribution in [0.2, 0.25) is 0 Å². The van der Waals surface area contributed by atoms with Crippen LogP contribution in [0.3, 0.4) is 0 Å². The van der Waals surface area contributed by atoms with E-state index in [1.807, 2.05) is 72.8 Å². The van der Waals surface area contributed by atoms with Crippen LogP contribution in [0.15, 0.2) is 97.1 Å². The number of hydrogen-bond acceptors (Lipinski definition) is 4. The van der Waals surface area contributed by atoms with E-state index in [1.165, 1.54) is 9.80 Å². The lowest BCUT2D eigenvalue weighted by molar-refractivity contribution is -0.154. The van der Waals surface area contributed by atoms with Gasteiger partial charge in [0, 0.05) is 25.3 Å². The van der Waals surface area contributed by atoms with E-state index in [9.17, 15) is 19.5 Å². The van der Waals surface area contributed by atoms with E-state index in [0.717, 1.165) is 44.5 Å². The second-order valence-electron chi connectivity index (χ2n) is 11.2. The molecule has 42 heavy (non-hydrogen) atoms. The summed E-state index contributed by atoms with van der Waals surface area (Å²) >= 11 is 0. The van der Waals surface area contributed by atoms with Crippen LogP contribution in [0, 0.1) is 0 Å². The van der Waals surface area contributed by atoms with Crippen molar-refractivity contribution in [1.82, 2.24) is 9.80 Å². The number of hydrogen-bond donors (Lipinski definition) is 1. The van der Waals surface area contributed by atoms with Gasteiger partial charge in [-0.2, -0.15) is 0 Å². The van der Waals surface area contributed by atoms with Crippen LogP contribution in [0.4, 0.5) is 4.79 Å². The first-order valence-electron chi connectivity index (χ1n) is 14.3. The third kappa shape index (κ3) is 4.42. The summed E-state index contributed by atoms with van der Waals surface area (Å²) in [5.41, 5.74) is 8.28. The Balaban J connectivity index is 1.17. The van der Waals surface area contributed by atoms with Crippen molar-refractivity contribution >= 4 is 18.0 Å². The maximum atomic E-state index is 14.2. The van der Waals surface area contributed by atoms with Crippen LogP contribution >= 0.6 is 0 Å². The van der Waals surface area contributed by atoms with Crippen LogP contribution in [0.1, 0.15) is 39.3 Å². The van der Waals surface area contributed by atoms with E-state index in [0.29, 0.717) is 6.42 Å². The molecule has 4 aromatic rings. The first-order chi connectivity index (χ1) is 20.5. The van der Waals surface area contributed by atoms with Crippen molar-refractivity contribution in [3.63, 3.8) is 0 Å². The lowest BCUT2D eigenvalue weighted by atomic mass is 9.90. The fourth-order valence-corrected chi connectivity index (χ4v) is 6.78. The van der Waals surface area contributed by atoms with E-state index in [2.05, 4.69) is 24.3 Å². The highest BCUT2D eigenvalue weighted by Gasteiger charge is 2.43. The Bertz CT molecular complexity index is 1670. The van der Waals surface area contributed by atoms with Crippen molar-refractivity contribution in [3.05, 3.63) is 130 Å². The maximum absolute atomic E-state index is 14.2. The van der Waals surface area contributed by atoms with Gasteiger partial charge in [0.05, 0.1) is 6.54 Å². The molecule has 0 aromatic heterocycles. The molecule has 7 nitrogen and oxygen atoms in total. The number of aliphatic carboxylic acids is 1. The van der Waals surface area contributed by atoms with Crippen molar-refractivity contribution < 1.29 is 24.2 Å². The number of carboxylic acid groups (broad SMARTS) is 1. The van der Waals surface area contributed by atoms with Gasteiger partial charge in [0.2, 0.25) is 5.91 Å². The number of fused-ring (bicyclic) bond motifs is 5. The molecule has 7 rings (SSSR count). The number of carboxylic acids is 1. The Labute approximate surface area is 244 Å². The zero-order valence-corrected chi connectivity index (χ0v) is 23.0. The van der Waals surface area contributed by atoms with Gasteiger partial charge < -0.3 is 14.7 Å². The molecule has 0 fully saturated rings. The average Bonchev–Trinajstić information content (AvgIpc) is 3.35. The smallest absolute Gasteiger partial charge is 0.410 e. The summed E-state index contributed by atoms with van der Waals surface area (Å²) in [6.07, 6.45) is -0.0520. The topological polar surface area (TPSA) is 87.2 Å². The van der Waals surface area contributed by atoms with Gasteiger partial charge in [-0.1, -0.05) is 97.1 Å². The van der Waals surface area contributed by atoms with Gasteiger partial charge in [-0.05, 0) is 44.5 Å². The summed E-state index contributed by atoms with van der Waals surface area (Å²) in [5, 5.41) is 10.1. The van der Waals surface area contributed by atoms with Crippen LogP contribution in [-0.4, -0.2) is 51.6 Å². The highest BCUT2D eigenvalue weighted by molar-refractivity contribution is 5.90. The number of rotatable bonds is 4. The summed E-state index contributed by atoms with van der Waals surface area (Å²) in [5.74, 6) is -1.54. The molecule has 4 aromatic carbocycles. The number of carbonyl (C=O) groups is 3. The summed E-state index contributed by atoms with van der Waals surface area (Å²) in [7, 11) is 0. The predicted octanol–water partition coefficient (Wildman–Crippen LogP) is 5.40. The predicted molar refractivity (Wildman–Crippen MR) is 157 cm³/mol. The normalized spacial score (nSPS) is 18.9. The van der Waals surface area contributed by atoms with E-state index < -0.39 is 24.1 Å². The second kappa shape index (κ2) is 10.5. The van der Waals surface area contributed by atoms with Crippen LogP contribution < -0.4 is 0 Å². The molecule has 2 heterocycles. The Hall–Kier alpha value is -4.91. The Kier molecular flexibility index (Phi) is 6.50. The van der Waals surface area contributed by atoms with Gasteiger partial charge >= 0.3 is 12.1 Å². The third-order valence-electron chi connectivity index (χ3n) is 8.92. The first-order valence-corrected chi connectivity index (χ1v) is 14.3. The quantitative estimate of drug-likeness (QED) is 0.363. The van der Waals surface area contributed by atoms with E-state index in [1.54, 1.807) is 0 Å². The molecule has 0 unspecified atom stereocenters. The van der Waals surface area contributed by atoms with Crippen molar-refractivity contribution in [2.45, 2.75) is 43.9 Å². The molecule has 1 aliphatic carbocycles. The van der Waals surface area contributed by atoms with Gasteiger partial charge in [-0.25, -0.2) is 9.59 Å². The number of amides is 2. The SMILES string of the molecule is O=C(O)[C@H]1Cc2ccccc2CN1C(=O)[C@H]1Cc2ccccc2CN1C(=O)OCC1c2ccccc2-c2ccccc21. The molecule has 2 amide bonds. The molecule has 2 aliphatic heterocycles. The third-order valence-corrected chi connectivity index (χ3v) is 8.92. The monoisotopic (exact) mass is 558 g/mol. The van der Waals surface area contributed by atoms with Crippen molar-refractivity contribution in [3.8, 4) is 11.1 Å². The zero-order valence-electron chi connectivity index (χ0n) is 23.0. The molecule has 3 aliphatic rings. The van der Waals surface area contributed by atoms with Gasteiger partial charge in [0.25, 0.3) is 0 Å². The number of carbonyl (C=O) groups excluding carboxylic acids is 2. The summed E-state index contributed by atoms with van der Waals surface area (Å²) in [6.45, 7) is 0.537. The molecule has 2 atom stereocenters. The molecule has 0 radical (unpaired) electrons. The molecular weight excluding hydrogens is 528 g/mol. The molecule has 210 valence electrons. The largest absolute Gasteiger partial charge is 0.480 e. The minimum absolute atomic E-state index is 0.109. The number of benzene rings is 4. The molecule has 0 spiro atoms. The summed E-state index contributed by atoms with van der Waals surface area (Å²) in [4.78, 5) is 43.3. The Morgan fingerprint density at radius 3 is 1.69 bits per heavy atom. The van der Waals surface area contributed by atoms with Crippen molar-refractivity contribution in [2.75, 3.05) is 6.61 Å². The van der Waals surface area contributed by atoms with Gasteiger partial charge in [0.1, 0.15) is 18.7 Å².